The minimum Gasteiger partial charge on any atom is -0.315 e. The maximum Gasteiger partial charge on any atom is 0.251 e. The molecule has 1 amide bonds. The third kappa shape index (κ3) is 1.42. The number of hydrogen-bond donors (Lipinski definition) is 2. The molecule has 2 aliphatic rings. The third-order valence-corrected chi connectivity index (χ3v) is 3.69. The predicted octanol–water partition coefficient (Wildman–Crippen LogP) is 0.444. The summed E-state index contributed by atoms with van der Waals surface area (Å²) in [6, 6.07) is 0. The summed E-state index contributed by atoms with van der Waals surface area (Å²) in [4.78, 5) is 16.7. The van der Waals surface area contributed by atoms with Crippen LogP contribution in [0, 0.1) is 11.3 Å². The van der Waals surface area contributed by atoms with E-state index in [1.54, 1.807) is 0 Å². The van der Waals surface area contributed by atoms with Gasteiger partial charge in [0.1, 0.15) is 0 Å². The number of amides is 1. The third-order valence-electron chi connectivity index (χ3n) is 3.69. The minimum absolute atomic E-state index is 0.0645. The van der Waals surface area contributed by atoms with E-state index in [2.05, 4.69) is 10.8 Å². The Morgan fingerprint density at radius 1 is 1.57 bits per heavy atom. The van der Waals surface area contributed by atoms with Crippen molar-refractivity contribution in [3.63, 3.8) is 0 Å². The Balaban J connectivity index is 2.13. The Bertz CT molecular complexity index is 232. The summed E-state index contributed by atoms with van der Waals surface area (Å²) in [5.74, 6) is 0.570. The lowest BCUT2D eigenvalue weighted by atomic mass is 9.68. The Kier molecular flexibility index (Phi) is 2.74. The molecular formula is C10H18N2O2. The number of fused-ring (bicyclic) bond motifs is 1. The number of rotatable bonds is 2. The molecule has 0 aromatic rings. The van der Waals surface area contributed by atoms with Crippen molar-refractivity contribution >= 4 is 5.91 Å². The fraction of sp³-hybridized carbons (Fsp3) is 0.900. The van der Waals surface area contributed by atoms with Crippen molar-refractivity contribution in [2.75, 3.05) is 20.2 Å². The second-order valence-electron chi connectivity index (χ2n) is 4.37. The van der Waals surface area contributed by atoms with E-state index < -0.39 is 0 Å². The van der Waals surface area contributed by atoms with E-state index in [4.69, 9.17) is 4.84 Å². The van der Waals surface area contributed by atoms with Gasteiger partial charge >= 0.3 is 0 Å². The van der Waals surface area contributed by atoms with Crippen molar-refractivity contribution < 1.29 is 9.63 Å². The number of hydrogen-bond acceptors (Lipinski definition) is 3. The van der Waals surface area contributed by atoms with Gasteiger partial charge in [0, 0.05) is 6.54 Å². The van der Waals surface area contributed by atoms with Crippen molar-refractivity contribution in [3.05, 3.63) is 0 Å². The van der Waals surface area contributed by atoms with Gasteiger partial charge in [0.2, 0.25) is 0 Å². The SMILES string of the molecule is CONC(=O)[C@@]12CCCC[C@H]1CNC2. The second kappa shape index (κ2) is 3.87. The molecule has 0 radical (unpaired) electrons. The zero-order chi connectivity index (χ0) is 10.0. The van der Waals surface area contributed by atoms with Gasteiger partial charge in [-0.2, -0.15) is 0 Å². The van der Waals surface area contributed by atoms with E-state index in [0.29, 0.717) is 5.92 Å². The van der Waals surface area contributed by atoms with Crippen molar-refractivity contribution in [2.24, 2.45) is 11.3 Å². The topological polar surface area (TPSA) is 50.4 Å². The average molecular weight is 198 g/mol. The van der Waals surface area contributed by atoms with Gasteiger partial charge in [0.15, 0.2) is 0 Å². The molecule has 0 bridgehead atoms. The summed E-state index contributed by atoms with van der Waals surface area (Å²) in [6.45, 7) is 1.80. The van der Waals surface area contributed by atoms with E-state index in [0.717, 1.165) is 25.9 Å². The highest BCUT2D eigenvalue weighted by Crippen LogP contribution is 2.43. The molecule has 4 heteroatoms. The lowest BCUT2D eigenvalue weighted by molar-refractivity contribution is -0.145. The molecule has 2 N–H and O–H groups in total. The van der Waals surface area contributed by atoms with Crippen LogP contribution in [0.4, 0.5) is 0 Å². The Morgan fingerprint density at radius 3 is 3.21 bits per heavy atom. The van der Waals surface area contributed by atoms with Gasteiger partial charge in [-0.3, -0.25) is 9.63 Å². The molecule has 1 heterocycles. The van der Waals surface area contributed by atoms with E-state index >= 15 is 0 Å². The Hall–Kier alpha value is -0.610. The molecule has 1 aliphatic heterocycles. The van der Waals surface area contributed by atoms with Crippen molar-refractivity contribution in [1.29, 1.82) is 0 Å². The van der Waals surface area contributed by atoms with Gasteiger partial charge in [-0.25, -0.2) is 5.48 Å². The first-order chi connectivity index (χ1) is 6.79. The van der Waals surface area contributed by atoms with E-state index in [1.165, 1.54) is 20.0 Å². The summed E-state index contributed by atoms with van der Waals surface area (Å²) >= 11 is 0. The van der Waals surface area contributed by atoms with Crippen LogP contribution in [0.1, 0.15) is 25.7 Å². The average Bonchev–Trinajstić information content (AvgIpc) is 2.62. The van der Waals surface area contributed by atoms with E-state index in [9.17, 15) is 4.79 Å². The summed E-state index contributed by atoms with van der Waals surface area (Å²) in [6.07, 6.45) is 4.59. The van der Waals surface area contributed by atoms with Gasteiger partial charge in [0.05, 0.1) is 12.5 Å². The first-order valence-electron chi connectivity index (χ1n) is 5.34. The second-order valence-corrected chi connectivity index (χ2v) is 4.37. The molecule has 0 unspecified atom stereocenters. The lowest BCUT2D eigenvalue weighted by Gasteiger charge is -2.36. The van der Waals surface area contributed by atoms with E-state index in [-0.39, 0.29) is 11.3 Å². The number of hydroxylamine groups is 1. The first kappa shape index (κ1) is 9.93. The molecule has 0 aromatic carbocycles. The van der Waals surface area contributed by atoms with Crippen LogP contribution in [0.2, 0.25) is 0 Å². The lowest BCUT2D eigenvalue weighted by Crippen LogP contribution is -2.47. The standard InChI is InChI=1S/C10H18N2O2/c1-14-12-9(13)10-5-3-2-4-8(10)6-11-7-10/h8,11H,2-7H2,1H3,(H,12,13)/t8-,10+/m0/s1. The molecule has 1 saturated heterocycles. The van der Waals surface area contributed by atoms with Crippen LogP contribution in [-0.2, 0) is 9.63 Å². The van der Waals surface area contributed by atoms with Gasteiger partial charge in [-0.05, 0) is 25.3 Å². The van der Waals surface area contributed by atoms with Gasteiger partial charge in [-0.1, -0.05) is 12.8 Å². The van der Waals surface area contributed by atoms with Gasteiger partial charge in [0.25, 0.3) is 5.91 Å². The fourth-order valence-corrected chi connectivity index (χ4v) is 2.88. The molecule has 2 rings (SSSR count). The molecule has 0 spiro atoms. The summed E-state index contributed by atoms with van der Waals surface area (Å²) in [7, 11) is 1.49. The Labute approximate surface area is 84.3 Å². The quantitative estimate of drug-likeness (QED) is 0.633. The minimum atomic E-state index is -0.186. The normalized spacial score (nSPS) is 36.5. The molecule has 1 aliphatic carbocycles. The van der Waals surface area contributed by atoms with Crippen LogP contribution >= 0.6 is 0 Å². The van der Waals surface area contributed by atoms with Crippen LogP contribution < -0.4 is 10.8 Å². The summed E-state index contributed by atoms with van der Waals surface area (Å²) < 4.78 is 0. The highest BCUT2D eigenvalue weighted by molar-refractivity contribution is 5.83. The van der Waals surface area contributed by atoms with Crippen LogP contribution in [0.25, 0.3) is 0 Å². The zero-order valence-corrected chi connectivity index (χ0v) is 8.64. The molecule has 2 fully saturated rings. The molecular weight excluding hydrogens is 180 g/mol. The smallest absolute Gasteiger partial charge is 0.251 e. The van der Waals surface area contributed by atoms with Gasteiger partial charge < -0.3 is 5.32 Å². The van der Waals surface area contributed by atoms with Crippen LogP contribution in [0.3, 0.4) is 0 Å². The van der Waals surface area contributed by atoms with Crippen molar-refractivity contribution in [1.82, 2.24) is 10.8 Å². The summed E-state index contributed by atoms with van der Waals surface area (Å²) in [5, 5.41) is 3.33. The predicted molar refractivity (Wildman–Crippen MR) is 52.4 cm³/mol. The molecule has 1 saturated carbocycles. The highest BCUT2D eigenvalue weighted by atomic mass is 16.6. The van der Waals surface area contributed by atoms with Crippen LogP contribution in [0.15, 0.2) is 0 Å². The van der Waals surface area contributed by atoms with Crippen molar-refractivity contribution in [2.45, 2.75) is 25.7 Å². The molecule has 0 aromatic heterocycles. The first-order valence-corrected chi connectivity index (χ1v) is 5.34. The molecule has 2 atom stereocenters. The summed E-state index contributed by atoms with van der Waals surface area (Å²) in [5.41, 5.74) is 2.31. The van der Waals surface area contributed by atoms with E-state index in [1.807, 2.05) is 0 Å². The van der Waals surface area contributed by atoms with Gasteiger partial charge in [-0.15, -0.1) is 0 Å². The molecule has 14 heavy (non-hydrogen) atoms. The van der Waals surface area contributed by atoms with Crippen LogP contribution in [0.5, 0.6) is 0 Å². The largest absolute Gasteiger partial charge is 0.315 e. The highest BCUT2D eigenvalue weighted by Gasteiger charge is 2.49. The molecule has 80 valence electrons. The maximum atomic E-state index is 11.9. The number of carbonyl (C=O) groups excluding carboxylic acids is 1. The van der Waals surface area contributed by atoms with Crippen LogP contribution in [-0.4, -0.2) is 26.1 Å². The maximum absolute atomic E-state index is 11.9. The monoisotopic (exact) mass is 198 g/mol. The van der Waals surface area contributed by atoms with Crippen molar-refractivity contribution in [3.8, 4) is 0 Å². The Morgan fingerprint density at radius 2 is 2.43 bits per heavy atom. The fourth-order valence-electron chi connectivity index (χ4n) is 2.88. The number of carbonyl (C=O) groups is 1. The number of nitrogens with one attached hydrogen (secondary N) is 2. The zero-order valence-electron chi connectivity index (χ0n) is 8.64. The molecule has 4 nitrogen and oxygen atoms in total.